The Bertz CT molecular complexity index is 1630. The zero-order valence-electron chi connectivity index (χ0n) is 30.6. The van der Waals surface area contributed by atoms with Crippen LogP contribution in [0.2, 0.25) is 0 Å². The molecule has 0 saturated carbocycles. The first-order valence-electron chi connectivity index (χ1n) is 16.6. The second-order valence-electron chi connectivity index (χ2n) is 16.9. The third kappa shape index (κ3) is 9.00. The van der Waals surface area contributed by atoms with E-state index < -0.39 is 0 Å². The summed E-state index contributed by atoms with van der Waals surface area (Å²) in [6.45, 7) is 25.9. The van der Waals surface area contributed by atoms with Gasteiger partial charge >= 0.3 is 0 Å². The zero-order valence-corrected chi connectivity index (χ0v) is 30.6. The van der Waals surface area contributed by atoms with Gasteiger partial charge in [-0.2, -0.15) is 0 Å². The zero-order chi connectivity index (χ0) is 34.9. The van der Waals surface area contributed by atoms with Crippen LogP contribution in [0.5, 0.6) is 11.5 Å². The molecule has 248 valence electrons. The van der Waals surface area contributed by atoms with E-state index in [1.54, 1.807) is 12.4 Å². The van der Waals surface area contributed by atoms with E-state index >= 15 is 0 Å². The van der Waals surface area contributed by atoms with Crippen molar-refractivity contribution >= 4 is 23.8 Å². The maximum absolute atomic E-state index is 11.1. The average Bonchev–Trinajstić information content (AvgIpc) is 2.95. The molecule has 47 heavy (non-hydrogen) atoms. The van der Waals surface area contributed by atoms with E-state index in [0.29, 0.717) is 11.5 Å². The topological polar surface area (TPSA) is 65.2 Å². The molecule has 4 heteroatoms. The SMILES string of the molecule is CC(C)(C)c1cc(C=Nc2ccc(Cc3ccc(N=Cc4cc(C(C)(C)C)cc(C(C)(C)C)c4O)cc3)cc2)c(O)c(C(C)(C)C)c1. The van der Waals surface area contributed by atoms with Crippen molar-refractivity contribution in [3.05, 3.63) is 117 Å². The van der Waals surface area contributed by atoms with Crippen LogP contribution in [-0.2, 0) is 28.1 Å². The van der Waals surface area contributed by atoms with Crippen molar-refractivity contribution in [1.82, 2.24) is 0 Å². The molecule has 0 heterocycles. The van der Waals surface area contributed by atoms with Crippen molar-refractivity contribution in [2.75, 3.05) is 0 Å². The number of hydrogen-bond donors (Lipinski definition) is 2. The molecule has 4 aromatic rings. The molecule has 0 amide bonds. The average molecular weight is 631 g/mol. The molecule has 4 nitrogen and oxygen atoms in total. The van der Waals surface area contributed by atoms with E-state index in [0.717, 1.165) is 40.0 Å². The Balaban J connectivity index is 1.49. The fourth-order valence-electron chi connectivity index (χ4n) is 5.44. The lowest BCUT2D eigenvalue weighted by Crippen LogP contribution is -2.17. The normalized spacial score (nSPS) is 13.2. The summed E-state index contributed by atoms with van der Waals surface area (Å²) in [6, 6.07) is 24.8. The van der Waals surface area contributed by atoms with Crippen LogP contribution in [0.25, 0.3) is 0 Å². The molecule has 0 aliphatic heterocycles. The molecule has 0 radical (unpaired) electrons. The summed E-state index contributed by atoms with van der Waals surface area (Å²) < 4.78 is 0. The first kappa shape index (κ1) is 35.7. The third-order valence-electron chi connectivity index (χ3n) is 8.61. The van der Waals surface area contributed by atoms with Crippen LogP contribution < -0.4 is 0 Å². The van der Waals surface area contributed by atoms with Crippen molar-refractivity contribution in [1.29, 1.82) is 0 Å². The Hall–Kier alpha value is -4.18. The summed E-state index contributed by atoms with van der Waals surface area (Å²) >= 11 is 0. The first-order chi connectivity index (χ1) is 21.6. The predicted molar refractivity (Wildman–Crippen MR) is 201 cm³/mol. The Morgan fingerprint density at radius 3 is 1.06 bits per heavy atom. The lowest BCUT2D eigenvalue weighted by Gasteiger charge is -2.27. The van der Waals surface area contributed by atoms with Gasteiger partial charge in [0.05, 0.1) is 11.4 Å². The van der Waals surface area contributed by atoms with E-state index in [1.807, 2.05) is 36.4 Å². The van der Waals surface area contributed by atoms with Crippen LogP contribution >= 0.6 is 0 Å². The van der Waals surface area contributed by atoms with Crippen LogP contribution in [0.3, 0.4) is 0 Å². The van der Waals surface area contributed by atoms with Gasteiger partial charge in [-0.25, -0.2) is 0 Å². The minimum atomic E-state index is -0.183. The summed E-state index contributed by atoms with van der Waals surface area (Å²) in [5, 5.41) is 22.2. The Kier molecular flexibility index (Phi) is 9.97. The summed E-state index contributed by atoms with van der Waals surface area (Å²) in [6.07, 6.45) is 4.34. The summed E-state index contributed by atoms with van der Waals surface area (Å²) in [4.78, 5) is 9.43. The highest BCUT2D eigenvalue weighted by Gasteiger charge is 2.26. The smallest absolute Gasteiger partial charge is 0.128 e. The largest absolute Gasteiger partial charge is 0.507 e. The number of aromatic hydroxyl groups is 2. The molecule has 4 rings (SSSR count). The fraction of sp³-hybridized carbons (Fsp3) is 0.395. The molecule has 0 bridgehead atoms. The van der Waals surface area contributed by atoms with Crippen LogP contribution in [0, 0.1) is 0 Å². The monoisotopic (exact) mass is 630 g/mol. The van der Waals surface area contributed by atoms with Gasteiger partial charge < -0.3 is 10.2 Å². The van der Waals surface area contributed by atoms with Crippen molar-refractivity contribution < 1.29 is 10.2 Å². The Labute approximate surface area is 283 Å². The molecule has 0 unspecified atom stereocenters. The third-order valence-corrected chi connectivity index (χ3v) is 8.61. The summed E-state index contributed by atoms with van der Waals surface area (Å²) in [5.41, 5.74) is 9.29. The highest BCUT2D eigenvalue weighted by atomic mass is 16.3. The van der Waals surface area contributed by atoms with Crippen molar-refractivity contribution in [3.8, 4) is 11.5 Å². The molecule has 0 atom stereocenters. The number of aliphatic imine (C=N–C) groups is 2. The number of phenolic OH excluding ortho intramolecular Hbond substituents is 2. The fourth-order valence-corrected chi connectivity index (χ4v) is 5.44. The van der Waals surface area contributed by atoms with Gasteiger partial charge in [-0.05, 0) is 86.7 Å². The maximum atomic E-state index is 11.1. The highest BCUT2D eigenvalue weighted by molar-refractivity contribution is 5.87. The standard InChI is InChI=1S/C43H54N2O2/c1-40(2,3)32-22-30(38(46)36(24-32)42(7,8)9)26-44-34-17-13-28(14-18-34)21-29-15-19-35(20-16-29)45-27-31-23-33(41(4,5)6)25-37(39(31)47)43(10,11)12/h13-20,22-27,46-47H,21H2,1-12H3. The number of rotatable bonds is 6. The van der Waals surface area contributed by atoms with Crippen molar-refractivity contribution in [2.45, 2.75) is 111 Å². The van der Waals surface area contributed by atoms with Gasteiger partial charge in [-0.15, -0.1) is 0 Å². The van der Waals surface area contributed by atoms with Gasteiger partial charge in [0.1, 0.15) is 11.5 Å². The number of hydrogen-bond acceptors (Lipinski definition) is 4. The molecular weight excluding hydrogens is 576 g/mol. The Morgan fingerprint density at radius 1 is 0.468 bits per heavy atom. The van der Waals surface area contributed by atoms with Gasteiger partial charge in [0.15, 0.2) is 0 Å². The van der Waals surface area contributed by atoms with Crippen LogP contribution in [0.1, 0.15) is 128 Å². The molecule has 0 aliphatic rings. The second-order valence-corrected chi connectivity index (χ2v) is 16.9. The van der Waals surface area contributed by atoms with E-state index in [2.05, 4.69) is 119 Å². The van der Waals surface area contributed by atoms with Gasteiger partial charge in [0, 0.05) is 34.7 Å². The summed E-state index contributed by atoms with van der Waals surface area (Å²) in [7, 11) is 0. The molecule has 2 N–H and O–H groups in total. The molecule has 0 spiro atoms. The Morgan fingerprint density at radius 2 is 0.787 bits per heavy atom. The number of phenols is 2. The van der Waals surface area contributed by atoms with Crippen LogP contribution in [0.15, 0.2) is 82.8 Å². The molecule has 4 aromatic carbocycles. The summed E-state index contributed by atoms with van der Waals surface area (Å²) in [5.74, 6) is 0.590. The van der Waals surface area contributed by atoms with Crippen molar-refractivity contribution in [2.24, 2.45) is 9.98 Å². The minimum Gasteiger partial charge on any atom is -0.507 e. The number of nitrogens with zero attached hydrogens (tertiary/aromatic N) is 2. The van der Waals surface area contributed by atoms with Crippen LogP contribution in [0.4, 0.5) is 11.4 Å². The highest BCUT2D eigenvalue weighted by Crippen LogP contribution is 2.38. The molecule has 0 aliphatic carbocycles. The lowest BCUT2D eigenvalue weighted by molar-refractivity contribution is 0.443. The molecule has 0 fully saturated rings. The minimum absolute atomic E-state index is 0.0420. The van der Waals surface area contributed by atoms with E-state index in [-0.39, 0.29) is 21.7 Å². The first-order valence-corrected chi connectivity index (χ1v) is 16.6. The molecule has 0 aromatic heterocycles. The second kappa shape index (κ2) is 13.1. The van der Waals surface area contributed by atoms with Crippen molar-refractivity contribution in [3.63, 3.8) is 0 Å². The van der Waals surface area contributed by atoms with E-state index in [9.17, 15) is 10.2 Å². The van der Waals surface area contributed by atoms with Gasteiger partial charge in [-0.3, -0.25) is 9.98 Å². The van der Waals surface area contributed by atoms with E-state index in [1.165, 1.54) is 22.3 Å². The van der Waals surface area contributed by atoms with Gasteiger partial charge in [0.2, 0.25) is 0 Å². The maximum Gasteiger partial charge on any atom is 0.128 e. The van der Waals surface area contributed by atoms with Gasteiger partial charge in [-0.1, -0.05) is 119 Å². The predicted octanol–water partition coefficient (Wildman–Crippen LogP) is 11.4. The van der Waals surface area contributed by atoms with Gasteiger partial charge in [0.25, 0.3) is 0 Å². The van der Waals surface area contributed by atoms with Crippen LogP contribution in [-0.4, -0.2) is 22.6 Å². The van der Waals surface area contributed by atoms with E-state index in [4.69, 9.17) is 9.98 Å². The molecule has 0 saturated heterocycles. The number of benzene rings is 4. The molecular formula is C43H54N2O2. The lowest BCUT2D eigenvalue weighted by atomic mass is 9.79. The quantitative estimate of drug-likeness (QED) is 0.208.